The predicted octanol–water partition coefficient (Wildman–Crippen LogP) is 5.54. The van der Waals surface area contributed by atoms with E-state index in [1.165, 1.54) is 41.5 Å². The highest BCUT2D eigenvalue weighted by atomic mass is 32.2. The maximum Gasteiger partial charge on any atom is 0.243 e. The molecule has 0 atom stereocenters. The minimum atomic E-state index is -4.07. The standard InChI is InChI=1S/C43H59N5O8S4/c1-36-10-18-40(19-11-36)57(49,50)45-28-5-26-44-27-6-29-46(58(51,52)41-20-12-37(2)13-21-41)31-8-33-48(60(55,56)43-24-16-39(4)17-25-43)35-9-34-47(32-7-30-45)59(53,54)42-22-14-38(3)15-23-42/h10-25,44H,5-9,26-35H2,1-4H3. The van der Waals surface area contributed by atoms with Crippen LogP contribution < -0.4 is 5.32 Å². The van der Waals surface area contributed by atoms with Crippen LogP contribution in [0.3, 0.4) is 0 Å². The zero-order valence-corrected chi connectivity index (χ0v) is 38.3. The van der Waals surface area contributed by atoms with E-state index < -0.39 is 40.1 Å². The van der Waals surface area contributed by atoms with Gasteiger partial charge in [-0.15, -0.1) is 0 Å². The molecule has 0 spiro atoms. The average molecular weight is 902 g/mol. The lowest BCUT2D eigenvalue weighted by Crippen LogP contribution is -2.40. The molecule has 13 nitrogen and oxygen atoms in total. The van der Waals surface area contributed by atoms with E-state index in [2.05, 4.69) is 5.32 Å². The fourth-order valence-electron chi connectivity index (χ4n) is 7.00. The Balaban J connectivity index is 1.48. The van der Waals surface area contributed by atoms with Crippen molar-refractivity contribution >= 4 is 40.1 Å². The molecule has 17 heteroatoms. The van der Waals surface area contributed by atoms with E-state index in [0.29, 0.717) is 25.9 Å². The fourth-order valence-corrected chi connectivity index (χ4v) is 13.1. The molecule has 1 fully saturated rings. The highest BCUT2D eigenvalue weighted by Gasteiger charge is 2.30. The van der Waals surface area contributed by atoms with Crippen LogP contribution in [0.1, 0.15) is 54.4 Å². The van der Waals surface area contributed by atoms with Gasteiger partial charge in [0, 0.05) is 52.4 Å². The summed E-state index contributed by atoms with van der Waals surface area (Å²) >= 11 is 0. The van der Waals surface area contributed by atoms with Crippen molar-refractivity contribution in [3.63, 3.8) is 0 Å². The van der Waals surface area contributed by atoms with Crippen molar-refractivity contribution < 1.29 is 33.7 Å². The second-order valence-electron chi connectivity index (χ2n) is 15.4. The van der Waals surface area contributed by atoms with Gasteiger partial charge in [-0.05, 0) is 121 Å². The van der Waals surface area contributed by atoms with Crippen LogP contribution in [0.4, 0.5) is 0 Å². The van der Waals surface area contributed by atoms with Crippen LogP contribution in [0.2, 0.25) is 0 Å². The Bertz CT molecular complexity index is 2270. The van der Waals surface area contributed by atoms with E-state index in [-0.39, 0.29) is 91.2 Å². The van der Waals surface area contributed by atoms with E-state index in [9.17, 15) is 33.7 Å². The highest BCUT2D eigenvalue weighted by Crippen LogP contribution is 2.23. The predicted molar refractivity (Wildman–Crippen MR) is 236 cm³/mol. The summed E-state index contributed by atoms with van der Waals surface area (Å²) in [4.78, 5) is 0.447. The third-order valence-electron chi connectivity index (χ3n) is 10.6. The van der Waals surface area contributed by atoms with Gasteiger partial charge in [-0.25, -0.2) is 33.7 Å². The van der Waals surface area contributed by atoms with Crippen LogP contribution >= 0.6 is 0 Å². The fraction of sp³-hybridized carbons (Fsp3) is 0.442. The first-order chi connectivity index (χ1) is 28.4. The topological polar surface area (TPSA) is 162 Å². The Labute approximate surface area is 358 Å². The van der Waals surface area contributed by atoms with Crippen molar-refractivity contribution in [1.29, 1.82) is 0 Å². The molecule has 60 heavy (non-hydrogen) atoms. The van der Waals surface area contributed by atoms with Crippen LogP contribution in [0.15, 0.2) is 117 Å². The monoisotopic (exact) mass is 901 g/mol. The van der Waals surface area contributed by atoms with E-state index in [1.807, 2.05) is 27.7 Å². The Morgan fingerprint density at radius 3 is 0.700 bits per heavy atom. The number of sulfonamides is 4. The maximum atomic E-state index is 14.2. The summed E-state index contributed by atoms with van der Waals surface area (Å²) in [7, 11) is -16.0. The van der Waals surface area contributed by atoms with E-state index in [4.69, 9.17) is 0 Å². The van der Waals surface area contributed by atoms with E-state index in [1.54, 1.807) is 72.8 Å². The lowest BCUT2D eigenvalue weighted by molar-refractivity contribution is 0.324. The summed E-state index contributed by atoms with van der Waals surface area (Å²) in [6.45, 7) is 8.74. The normalized spacial score (nSPS) is 18.2. The van der Waals surface area contributed by atoms with Gasteiger partial charge in [-0.1, -0.05) is 70.8 Å². The molecule has 1 aliphatic rings. The molecule has 0 radical (unpaired) electrons. The van der Waals surface area contributed by atoms with Crippen molar-refractivity contribution in [2.45, 2.75) is 79.4 Å². The zero-order chi connectivity index (χ0) is 43.6. The number of aryl methyl sites for hydroxylation is 4. The van der Waals surface area contributed by atoms with Gasteiger partial charge in [0.05, 0.1) is 19.6 Å². The molecule has 1 saturated heterocycles. The summed E-state index contributed by atoms with van der Waals surface area (Å²) in [6.07, 6.45) is 1.44. The molecule has 4 aromatic rings. The summed E-state index contributed by atoms with van der Waals surface area (Å²) in [5.41, 5.74) is 3.59. The molecule has 0 saturated carbocycles. The van der Waals surface area contributed by atoms with Crippen molar-refractivity contribution in [2.24, 2.45) is 0 Å². The maximum absolute atomic E-state index is 14.2. The molecule has 0 unspecified atom stereocenters. The lowest BCUT2D eigenvalue weighted by Gasteiger charge is -2.28. The third kappa shape index (κ3) is 12.3. The molecule has 1 heterocycles. The Hall–Kier alpha value is -3.52. The molecule has 1 aliphatic heterocycles. The van der Waals surface area contributed by atoms with Crippen LogP contribution in [0.5, 0.6) is 0 Å². The van der Waals surface area contributed by atoms with Gasteiger partial charge in [-0.3, -0.25) is 0 Å². The van der Waals surface area contributed by atoms with Crippen LogP contribution in [-0.2, 0) is 40.1 Å². The molecule has 0 aromatic heterocycles. The number of rotatable bonds is 8. The molecule has 5 rings (SSSR count). The lowest BCUT2D eigenvalue weighted by atomic mass is 10.2. The second-order valence-corrected chi connectivity index (χ2v) is 23.1. The first kappa shape index (κ1) is 47.5. The summed E-state index contributed by atoms with van der Waals surface area (Å²) in [5, 5.41) is 3.33. The Kier molecular flexibility index (Phi) is 16.7. The molecular formula is C43H59N5O8S4. The quantitative estimate of drug-likeness (QED) is 0.240. The van der Waals surface area contributed by atoms with E-state index in [0.717, 1.165) is 22.3 Å². The molecule has 0 bridgehead atoms. The van der Waals surface area contributed by atoms with Crippen molar-refractivity contribution in [3.8, 4) is 0 Å². The number of nitrogens with zero attached hydrogens (tertiary/aromatic N) is 4. The largest absolute Gasteiger partial charge is 0.317 e. The van der Waals surface area contributed by atoms with Gasteiger partial charge in [0.2, 0.25) is 40.1 Å². The van der Waals surface area contributed by atoms with Crippen LogP contribution in [0, 0.1) is 27.7 Å². The van der Waals surface area contributed by atoms with Gasteiger partial charge in [-0.2, -0.15) is 17.2 Å². The Morgan fingerprint density at radius 2 is 0.500 bits per heavy atom. The number of nitrogens with one attached hydrogen (secondary N) is 1. The SMILES string of the molecule is Cc1ccc(S(=O)(=O)N2CCCNCCCN(S(=O)(=O)c3ccc(C)cc3)CCCN(S(=O)(=O)c3ccc(C)cc3)CCCN(S(=O)(=O)c3ccc(C)cc3)CCC2)cc1. The van der Waals surface area contributed by atoms with Crippen molar-refractivity contribution in [1.82, 2.24) is 22.5 Å². The minimum Gasteiger partial charge on any atom is -0.317 e. The molecule has 328 valence electrons. The van der Waals surface area contributed by atoms with Gasteiger partial charge < -0.3 is 5.32 Å². The summed E-state index contributed by atoms with van der Waals surface area (Å²) in [5.74, 6) is 0. The highest BCUT2D eigenvalue weighted by molar-refractivity contribution is 7.90. The van der Waals surface area contributed by atoms with Gasteiger partial charge in [0.15, 0.2) is 0 Å². The second kappa shape index (κ2) is 21.0. The van der Waals surface area contributed by atoms with Crippen LogP contribution in [-0.4, -0.2) is 116 Å². The number of benzene rings is 4. The molecule has 0 amide bonds. The average Bonchev–Trinajstić information content (AvgIpc) is 3.20. The number of hydrogen-bond donors (Lipinski definition) is 1. The Morgan fingerprint density at radius 1 is 0.317 bits per heavy atom. The van der Waals surface area contributed by atoms with Crippen molar-refractivity contribution in [3.05, 3.63) is 119 Å². The van der Waals surface area contributed by atoms with Crippen molar-refractivity contribution in [2.75, 3.05) is 65.4 Å². The molecule has 4 aromatic carbocycles. The summed E-state index contributed by atoms with van der Waals surface area (Å²) in [6, 6.07) is 26.2. The third-order valence-corrected chi connectivity index (χ3v) is 18.3. The van der Waals surface area contributed by atoms with E-state index >= 15 is 0 Å². The first-order valence-electron chi connectivity index (χ1n) is 20.4. The molecular weight excluding hydrogens is 843 g/mol. The smallest absolute Gasteiger partial charge is 0.243 e. The zero-order valence-electron chi connectivity index (χ0n) is 35.0. The first-order valence-corrected chi connectivity index (χ1v) is 26.2. The summed E-state index contributed by atoms with van der Waals surface area (Å²) < 4.78 is 118. The molecule has 1 N–H and O–H groups in total. The molecule has 0 aliphatic carbocycles. The minimum absolute atomic E-state index is 0.00901. The van der Waals surface area contributed by atoms with Gasteiger partial charge >= 0.3 is 0 Å². The van der Waals surface area contributed by atoms with Gasteiger partial charge in [0.1, 0.15) is 0 Å². The van der Waals surface area contributed by atoms with Crippen LogP contribution in [0.25, 0.3) is 0 Å². The van der Waals surface area contributed by atoms with Gasteiger partial charge in [0.25, 0.3) is 0 Å². The number of hydrogen-bond acceptors (Lipinski definition) is 9.